The van der Waals surface area contributed by atoms with Crippen LogP contribution in [0.2, 0.25) is 0 Å². The molecule has 11 heavy (non-hydrogen) atoms. The summed E-state index contributed by atoms with van der Waals surface area (Å²) in [5, 5.41) is 0. The first-order chi connectivity index (χ1) is 4.52. The molecule has 0 radical (unpaired) electrons. The molecule has 0 aliphatic heterocycles. The summed E-state index contributed by atoms with van der Waals surface area (Å²) in [4.78, 5) is 15.9. The van der Waals surface area contributed by atoms with Gasteiger partial charge >= 0.3 is 24.8 Å². The van der Waals surface area contributed by atoms with Crippen molar-refractivity contribution < 1.29 is 58.3 Å². The Kier molecular flexibility index (Phi) is 10.9. The maximum Gasteiger partial charge on any atom is 0.333 e. The molecule has 0 aromatic rings. The molecule has 0 bridgehead atoms. The van der Waals surface area contributed by atoms with Crippen LogP contribution >= 0.6 is 24.8 Å². The van der Waals surface area contributed by atoms with Gasteiger partial charge in [-0.15, -0.1) is 0 Å². The Morgan fingerprint density at radius 3 is 1.36 bits per heavy atom. The van der Waals surface area contributed by atoms with Gasteiger partial charge in [0.25, 0.3) is 0 Å². The molecule has 0 aromatic heterocycles. The molecule has 0 saturated carbocycles. The minimum atomic E-state index is -3.35. The molecule has 66 valence electrons. The first kappa shape index (κ1) is 14.9. The van der Waals surface area contributed by atoms with Crippen LogP contribution < -0.4 is 0 Å². The summed E-state index contributed by atoms with van der Waals surface area (Å²) < 4.78 is 36.9. The monoisotopic (exact) mass is 300 g/mol. The van der Waals surface area contributed by atoms with Crippen LogP contribution in [0.1, 0.15) is 0 Å². The van der Waals surface area contributed by atoms with Crippen LogP contribution in [0.15, 0.2) is 0 Å². The van der Waals surface area contributed by atoms with Gasteiger partial charge in [-0.2, -0.15) is 0 Å². The minimum absolute atomic E-state index is 0. The van der Waals surface area contributed by atoms with E-state index in [4.69, 9.17) is 9.79 Å². The second kappa shape index (κ2) is 8.03. The number of hydrogen-bond donors (Lipinski definition) is 2. The van der Waals surface area contributed by atoms with Gasteiger partial charge in [0, 0.05) is 26.2 Å². The van der Waals surface area contributed by atoms with E-state index in [0.717, 1.165) is 0 Å². The summed E-state index contributed by atoms with van der Waals surface area (Å²) in [6.45, 7) is 0. The standard InChI is InChI=1S/H5O7P3.Zr/c1-8(2)6-10(5)7-9(3)4;/h8-10H,(H,1,2)(H,3,4);. The predicted molar refractivity (Wildman–Crippen MR) is 33.6 cm³/mol. The number of hydrogen-bond acceptors (Lipinski definition) is 5. The van der Waals surface area contributed by atoms with Gasteiger partial charge in [-0.05, 0) is 0 Å². The predicted octanol–water partition coefficient (Wildman–Crippen LogP) is 0.171. The Balaban J connectivity index is 0. The summed E-state index contributed by atoms with van der Waals surface area (Å²) in [5.74, 6) is 0. The maximum absolute atomic E-state index is 10.1. The molecule has 0 saturated heterocycles. The maximum atomic E-state index is 10.1. The van der Waals surface area contributed by atoms with Crippen molar-refractivity contribution in [1.29, 1.82) is 0 Å². The van der Waals surface area contributed by atoms with Crippen LogP contribution in [0.5, 0.6) is 0 Å². The van der Waals surface area contributed by atoms with Crippen LogP contribution in [-0.4, -0.2) is 9.79 Å². The summed E-state index contributed by atoms with van der Waals surface area (Å²) >= 11 is 0. The van der Waals surface area contributed by atoms with Gasteiger partial charge in [0.2, 0.25) is 0 Å². The molecule has 0 fully saturated rings. The second-order valence-corrected chi connectivity index (χ2v) is 4.18. The van der Waals surface area contributed by atoms with E-state index in [-0.39, 0.29) is 26.2 Å². The third kappa shape index (κ3) is 11.4. The molecule has 2 atom stereocenters. The Hall–Kier alpha value is 1.41. The molecule has 0 spiro atoms. The molecule has 0 rings (SSSR count). The summed E-state index contributed by atoms with van der Waals surface area (Å²) in [6, 6.07) is 0. The largest absolute Gasteiger partial charge is 0.333 e. The molecule has 0 aromatic carbocycles. The number of rotatable bonds is 4. The van der Waals surface area contributed by atoms with Crippen molar-refractivity contribution in [3.05, 3.63) is 0 Å². The van der Waals surface area contributed by atoms with Crippen molar-refractivity contribution >= 4 is 24.8 Å². The average Bonchev–Trinajstić information content (AvgIpc) is 1.58. The fourth-order valence-electron chi connectivity index (χ4n) is 0.163. The first-order valence-electron chi connectivity index (χ1n) is 1.88. The van der Waals surface area contributed by atoms with E-state index in [1.165, 1.54) is 0 Å². The molecule has 11 heteroatoms. The quantitative estimate of drug-likeness (QED) is 0.712. The zero-order chi connectivity index (χ0) is 8.15. The molecule has 0 amide bonds. The van der Waals surface area contributed by atoms with Gasteiger partial charge in [0.1, 0.15) is 0 Å². The van der Waals surface area contributed by atoms with Crippen LogP contribution in [0.3, 0.4) is 0 Å². The summed E-state index contributed by atoms with van der Waals surface area (Å²) in [7, 11) is -9.98. The van der Waals surface area contributed by atoms with Gasteiger partial charge in [-0.25, -0.2) is 8.62 Å². The van der Waals surface area contributed by atoms with Crippen molar-refractivity contribution in [2.24, 2.45) is 0 Å². The van der Waals surface area contributed by atoms with E-state index >= 15 is 0 Å². The van der Waals surface area contributed by atoms with Gasteiger partial charge in [-0.3, -0.25) is 13.7 Å². The molecule has 7 nitrogen and oxygen atoms in total. The Bertz CT molecular complexity index is 157. The van der Waals surface area contributed by atoms with Gasteiger partial charge in [-0.1, -0.05) is 0 Å². The molecule has 2 unspecified atom stereocenters. The third-order valence-electron chi connectivity index (χ3n) is 0.341. The Morgan fingerprint density at radius 2 is 1.18 bits per heavy atom. The molecule has 2 N–H and O–H groups in total. The zero-order valence-corrected chi connectivity index (χ0v) is 10.4. The molecular weight excluding hydrogens is 296 g/mol. The van der Waals surface area contributed by atoms with Crippen LogP contribution in [0.25, 0.3) is 0 Å². The van der Waals surface area contributed by atoms with Gasteiger partial charge in [0.15, 0.2) is 0 Å². The van der Waals surface area contributed by atoms with Crippen molar-refractivity contribution in [2.75, 3.05) is 0 Å². The van der Waals surface area contributed by atoms with E-state index in [1.54, 1.807) is 0 Å². The molecule has 0 aliphatic carbocycles. The SMILES string of the molecule is O=[PH](O)O[PH](=O)O[PH](=O)O.[Zr]. The smallest absolute Gasteiger partial charge is 0.326 e. The molecular formula is H5O7P3Zr. The topological polar surface area (TPSA) is 110 Å². The van der Waals surface area contributed by atoms with Gasteiger partial charge in [0.05, 0.1) is 0 Å². The van der Waals surface area contributed by atoms with Crippen molar-refractivity contribution in [3.63, 3.8) is 0 Å². The van der Waals surface area contributed by atoms with Gasteiger partial charge < -0.3 is 9.79 Å². The average molecular weight is 301 g/mol. The minimum Gasteiger partial charge on any atom is -0.326 e. The fraction of sp³-hybridized carbons (Fsp3) is 0. The molecule has 0 aliphatic rings. The van der Waals surface area contributed by atoms with E-state index in [9.17, 15) is 13.7 Å². The Labute approximate surface area is 83.1 Å². The van der Waals surface area contributed by atoms with Crippen LogP contribution in [-0.2, 0) is 48.5 Å². The Morgan fingerprint density at radius 1 is 0.909 bits per heavy atom. The van der Waals surface area contributed by atoms with Crippen molar-refractivity contribution in [2.45, 2.75) is 0 Å². The van der Waals surface area contributed by atoms with Crippen molar-refractivity contribution in [1.82, 2.24) is 0 Å². The van der Waals surface area contributed by atoms with Crippen LogP contribution in [0, 0.1) is 0 Å². The summed E-state index contributed by atoms with van der Waals surface area (Å²) in [6.07, 6.45) is 0. The van der Waals surface area contributed by atoms with E-state index in [1.807, 2.05) is 0 Å². The second-order valence-electron chi connectivity index (χ2n) is 0.986. The third-order valence-corrected chi connectivity index (χ3v) is 3.07. The fourth-order valence-corrected chi connectivity index (χ4v) is 1.85. The van der Waals surface area contributed by atoms with E-state index in [0.29, 0.717) is 0 Å². The zero-order valence-electron chi connectivity index (χ0n) is 4.94. The normalized spacial score (nSPS) is 18.0. The molecule has 0 heterocycles. The summed E-state index contributed by atoms with van der Waals surface area (Å²) in [5.41, 5.74) is 0. The van der Waals surface area contributed by atoms with Crippen molar-refractivity contribution in [3.8, 4) is 0 Å². The van der Waals surface area contributed by atoms with E-state index in [2.05, 4.69) is 8.62 Å². The van der Waals surface area contributed by atoms with Crippen LogP contribution in [0.4, 0.5) is 0 Å². The first-order valence-corrected chi connectivity index (χ1v) is 5.63. The van der Waals surface area contributed by atoms with E-state index < -0.39 is 24.8 Å².